The first kappa shape index (κ1) is 19.6. The number of nitrogens with one attached hydrogen (secondary N) is 1. The second-order valence-corrected chi connectivity index (χ2v) is 5.63. The fourth-order valence-electron chi connectivity index (χ4n) is 2.24. The summed E-state index contributed by atoms with van der Waals surface area (Å²) in [5, 5.41) is 3.12. The number of allylic oxidation sites excluding steroid dienone is 5. The molecule has 1 N–H and O–H groups in total. The average molecular weight is 384 g/mol. The SMILES string of the molecule is C=C/C=C\C(=C/C=C)Oc1nc(Nc2ccccc2)nc(Oc2ccccc2)n1. The first-order chi connectivity index (χ1) is 14.3. The van der Waals surface area contributed by atoms with Crippen LogP contribution < -0.4 is 14.8 Å². The second-order valence-electron chi connectivity index (χ2n) is 5.63. The minimum Gasteiger partial charge on any atom is -0.424 e. The molecule has 0 unspecified atom stereocenters. The third kappa shape index (κ3) is 6.18. The molecule has 0 atom stereocenters. The van der Waals surface area contributed by atoms with Crippen molar-refractivity contribution in [2.24, 2.45) is 0 Å². The zero-order valence-electron chi connectivity index (χ0n) is 15.7. The van der Waals surface area contributed by atoms with Crippen LogP contribution in [0.5, 0.6) is 17.8 Å². The Morgan fingerprint density at radius 2 is 1.52 bits per heavy atom. The summed E-state index contributed by atoms with van der Waals surface area (Å²) < 4.78 is 11.6. The van der Waals surface area contributed by atoms with Gasteiger partial charge < -0.3 is 14.8 Å². The van der Waals surface area contributed by atoms with Gasteiger partial charge in [0.05, 0.1) is 0 Å². The minimum absolute atomic E-state index is 0.0752. The number of rotatable bonds is 9. The quantitative estimate of drug-likeness (QED) is 0.383. The average Bonchev–Trinajstić information content (AvgIpc) is 2.73. The number of aromatic nitrogens is 3. The van der Waals surface area contributed by atoms with Gasteiger partial charge in [-0.3, -0.25) is 0 Å². The molecule has 1 aromatic heterocycles. The van der Waals surface area contributed by atoms with Crippen molar-refractivity contribution < 1.29 is 9.47 Å². The first-order valence-corrected chi connectivity index (χ1v) is 8.87. The summed E-state index contributed by atoms with van der Waals surface area (Å²) in [6.45, 7) is 7.35. The standard InChI is InChI=1S/C23H20N4O2/c1-3-5-15-19(12-4-2)28-22-25-21(24-18-13-8-6-9-14-18)26-23(27-22)29-20-16-10-7-11-17-20/h3-17H,1-2H2,(H,24,25,26,27)/b15-5-,19-12+. The van der Waals surface area contributed by atoms with Gasteiger partial charge in [-0.1, -0.05) is 67.8 Å². The van der Waals surface area contributed by atoms with E-state index >= 15 is 0 Å². The monoisotopic (exact) mass is 384 g/mol. The number of benzene rings is 2. The van der Waals surface area contributed by atoms with Gasteiger partial charge in [-0.2, -0.15) is 9.97 Å². The van der Waals surface area contributed by atoms with Crippen LogP contribution in [0.25, 0.3) is 0 Å². The van der Waals surface area contributed by atoms with Crippen LogP contribution in [0.3, 0.4) is 0 Å². The lowest BCUT2D eigenvalue weighted by molar-refractivity contribution is 0.380. The maximum Gasteiger partial charge on any atom is 0.330 e. The molecule has 0 saturated heterocycles. The van der Waals surface area contributed by atoms with Gasteiger partial charge >= 0.3 is 12.0 Å². The Hall–Kier alpha value is -4.19. The van der Waals surface area contributed by atoms with E-state index in [-0.39, 0.29) is 18.0 Å². The van der Waals surface area contributed by atoms with Crippen molar-refractivity contribution in [1.29, 1.82) is 0 Å². The van der Waals surface area contributed by atoms with Gasteiger partial charge in [0.2, 0.25) is 5.95 Å². The summed E-state index contributed by atoms with van der Waals surface area (Å²) >= 11 is 0. The highest BCUT2D eigenvalue weighted by atomic mass is 16.5. The first-order valence-electron chi connectivity index (χ1n) is 8.87. The molecule has 6 nitrogen and oxygen atoms in total. The Morgan fingerprint density at radius 1 is 0.828 bits per heavy atom. The summed E-state index contributed by atoms with van der Waals surface area (Å²) in [6, 6.07) is 19.0. The molecule has 0 bridgehead atoms. The highest BCUT2D eigenvalue weighted by molar-refractivity contribution is 5.53. The van der Waals surface area contributed by atoms with E-state index in [2.05, 4.69) is 33.4 Å². The lowest BCUT2D eigenvalue weighted by Gasteiger charge is -2.10. The predicted octanol–water partition coefficient (Wildman–Crippen LogP) is 5.60. The Balaban J connectivity index is 1.92. The summed E-state index contributed by atoms with van der Waals surface area (Å²) in [5.74, 6) is 1.38. The smallest absolute Gasteiger partial charge is 0.330 e. The lowest BCUT2D eigenvalue weighted by atomic mass is 10.3. The summed E-state index contributed by atoms with van der Waals surface area (Å²) in [7, 11) is 0. The van der Waals surface area contributed by atoms with Crippen molar-refractivity contribution in [3.63, 3.8) is 0 Å². The number of nitrogens with zero attached hydrogens (tertiary/aromatic N) is 3. The van der Waals surface area contributed by atoms with Crippen LogP contribution in [0, 0.1) is 0 Å². The Labute approximate surface area is 169 Å². The normalized spacial score (nSPS) is 11.1. The largest absolute Gasteiger partial charge is 0.424 e. The maximum atomic E-state index is 5.79. The molecule has 3 aromatic rings. The molecule has 1 heterocycles. The molecule has 0 radical (unpaired) electrons. The van der Waals surface area contributed by atoms with Crippen LogP contribution in [0.1, 0.15) is 0 Å². The van der Waals surface area contributed by atoms with Crippen LogP contribution in [-0.2, 0) is 0 Å². The highest BCUT2D eigenvalue weighted by Crippen LogP contribution is 2.23. The highest BCUT2D eigenvalue weighted by Gasteiger charge is 2.11. The zero-order chi connectivity index (χ0) is 20.3. The van der Waals surface area contributed by atoms with Crippen LogP contribution in [0.4, 0.5) is 11.6 Å². The molecule has 0 aliphatic rings. The van der Waals surface area contributed by atoms with Crippen LogP contribution >= 0.6 is 0 Å². The van der Waals surface area contributed by atoms with Gasteiger partial charge in [0.25, 0.3) is 0 Å². The van der Waals surface area contributed by atoms with E-state index in [0.717, 1.165) is 5.69 Å². The molecule has 29 heavy (non-hydrogen) atoms. The van der Waals surface area contributed by atoms with Crippen LogP contribution in [0.2, 0.25) is 0 Å². The Morgan fingerprint density at radius 3 is 2.21 bits per heavy atom. The van der Waals surface area contributed by atoms with Crippen molar-refractivity contribution >= 4 is 11.6 Å². The van der Waals surface area contributed by atoms with E-state index in [1.807, 2.05) is 60.7 Å². The Kier molecular flexibility index (Phi) is 6.90. The fourth-order valence-corrected chi connectivity index (χ4v) is 2.24. The van der Waals surface area contributed by atoms with E-state index in [4.69, 9.17) is 9.47 Å². The van der Waals surface area contributed by atoms with Gasteiger partial charge in [-0.25, -0.2) is 0 Å². The van der Waals surface area contributed by atoms with E-state index in [0.29, 0.717) is 11.5 Å². The summed E-state index contributed by atoms with van der Waals surface area (Å²) in [6.07, 6.45) is 8.39. The topological polar surface area (TPSA) is 69.2 Å². The Bertz CT molecular complexity index is 956. The summed E-state index contributed by atoms with van der Waals surface area (Å²) in [5.41, 5.74) is 0.823. The third-order valence-corrected chi connectivity index (χ3v) is 3.46. The van der Waals surface area contributed by atoms with Crippen molar-refractivity contribution in [1.82, 2.24) is 15.0 Å². The minimum atomic E-state index is 0.0752. The number of anilines is 2. The maximum absolute atomic E-state index is 5.79. The second kappa shape index (κ2) is 10.2. The van der Waals surface area contributed by atoms with Crippen molar-refractivity contribution in [2.45, 2.75) is 0 Å². The lowest BCUT2D eigenvalue weighted by Crippen LogP contribution is -2.05. The zero-order valence-corrected chi connectivity index (χ0v) is 15.7. The van der Waals surface area contributed by atoms with Gasteiger partial charge in [0.15, 0.2) is 0 Å². The van der Waals surface area contributed by atoms with E-state index < -0.39 is 0 Å². The molecule has 6 heteroatoms. The van der Waals surface area contributed by atoms with Crippen molar-refractivity contribution in [2.75, 3.05) is 5.32 Å². The van der Waals surface area contributed by atoms with Crippen molar-refractivity contribution in [3.8, 4) is 17.8 Å². The molecule has 0 saturated carbocycles. The van der Waals surface area contributed by atoms with Crippen LogP contribution in [-0.4, -0.2) is 15.0 Å². The number of hydrogen-bond acceptors (Lipinski definition) is 6. The van der Waals surface area contributed by atoms with Gasteiger partial charge in [0, 0.05) is 5.69 Å². The molecule has 2 aromatic carbocycles. The molecule has 3 rings (SSSR count). The van der Waals surface area contributed by atoms with E-state index in [1.165, 1.54) is 0 Å². The van der Waals surface area contributed by atoms with E-state index in [9.17, 15) is 0 Å². The van der Waals surface area contributed by atoms with Crippen molar-refractivity contribution in [3.05, 3.63) is 110 Å². The molecule has 0 fully saturated rings. The molecular weight excluding hydrogens is 364 g/mol. The number of hydrogen-bond donors (Lipinski definition) is 1. The molecule has 0 aliphatic heterocycles. The predicted molar refractivity (Wildman–Crippen MR) is 114 cm³/mol. The molecular formula is C23H20N4O2. The molecule has 0 amide bonds. The third-order valence-electron chi connectivity index (χ3n) is 3.46. The number of ether oxygens (including phenoxy) is 2. The fraction of sp³-hybridized carbons (Fsp3) is 0. The van der Waals surface area contributed by atoms with Gasteiger partial charge in [-0.15, -0.1) is 4.98 Å². The summed E-state index contributed by atoms with van der Waals surface area (Å²) in [4.78, 5) is 12.9. The number of para-hydroxylation sites is 2. The van der Waals surface area contributed by atoms with Crippen LogP contribution in [0.15, 0.2) is 110 Å². The molecule has 0 aliphatic carbocycles. The van der Waals surface area contributed by atoms with Gasteiger partial charge in [0.1, 0.15) is 11.5 Å². The van der Waals surface area contributed by atoms with Gasteiger partial charge in [-0.05, 0) is 36.4 Å². The van der Waals surface area contributed by atoms with E-state index in [1.54, 1.807) is 30.4 Å². The molecule has 144 valence electrons. The molecule has 0 spiro atoms.